The van der Waals surface area contributed by atoms with Crippen molar-refractivity contribution in [2.24, 2.45) is 0 Å². The smallest absolute Gasteiger partial charge is 0.170 e. The third kappa shape index (κ3) is 4.91. The highest BCUT2D eigenvalue weighted by molar-refractivity contribution is 7.80. The van der Waals surface area contributed by atoms with Gasteiger partial charge in [-0.2, -0.15) is 0 Å². The summed E-state index contributed by atoms with van der Waals surface area (Å²) in [5, 5.41) is 7.65. The van der Waals surface area contributed by atoms with Crippen molar-refractivity contribution in [3.05, 3.63) is 64.9 Å². The van der Waals surface area contributed by atoms with Crippen molar-refractivity contribution in [3.8, 4) is 0 Å². The minimum Gasteiger partial charge on any atom is -0.361 e. The Morgan fingerprint density at radius 3 is 2.48 bits per heavy atom. The van der Waals surface area contributed by atoms with Crippen molar-refractivity contribution in [2.75, 3.05) is 25.0 Å². The average Bonchev–Trinajstić information content (AvgIpc) is 3.13. The van der Waals surface area contributed by atoms with Crippen molar-refractivity contribution in [3.63, 3.8) is 0 Å². The quantitative estimate of drug-likeness (QED) is 0.744. The number of nitrogens with zero attached hydrogens (tertiary/aromatic N) is 1. The molecule has 1 heterocycles. The summed E-state index contributed by atoms with van der Waals surface area (Å²) in [5.74, 6) is -0.266. The van der Waals surface area contributed by atoms with Gasteiger partial charge in [0, 0.05) is 17.3 Å². The normalized spacial score (nSPS) is 15.8. The highest BCUT2D eigenvalue weighted by Gasteiger charge is 2.25. The van der Waals surface area contributed by atoms with E-state index in [9.17, 15) is 4.39 Å². The molecule has 0 bridgehead atoms. The third-order valence-corrected chi connectivity index (χ3v) is 4.99. The first-order chi connectivity index (χ1) is 12.1. The second-order valence-electron chi connectivity index (χ2n) is 6.12. The van der Waals surface area contributed by atoms with E-state index in [1.54, 1.807) is 12.1 Å². The van der Waals surface area contributed by atoms with Gasteiger partial charge in [-0.1, -0.05) is 29.8 Å². The summed E-state index contributed by atoms with van der Waals surface area (Å²) in [7, 11) is 0. The van der Waals surface area contributed by atoms with Crippen LogP contribution < -0.4 is 10.6 Å². The van der Waals surface area contributed by atoms with Crippen LogP contribution in [0.4, 0.5) is 10.1 Å². The van der Waals surface area contributed by atoms with Crippen molar-refractivity contribution in [2.45, 2.75) is 18.9 Å². The van der Waals surface area contributed by atoms with Crippen LogP contribution in [0.15, 0.2) is 48.5 Å². The number of rotatable bonds is 5. The largest absolute Gasteiger partial charge is 0.361 e. The van der Waals surface area contributed by atoms with E-state index >= 15 is 0 Å². The maximum absolute atomic E-state index is 13.0. The Morgan fingerprint density at radius 1 is 1.12 bits per heavy atom. The summed E-state index contributed by atoms with van der Waals surface area (Å²) < 4.78 is 13.0. The van der Waals surface area contributed by atoms with Crippen LogP contribution in [0.25, 0.3) is 0 Å². The lowest BCUT2D eigenvalue weighted by Crippen LogP contribution is -2.38. The summed E-state index contributed by atoms with van der Waals surface area (Å²) in [4.78, 5) is 2.44. The zero-order valence-electron chi connectivity index (χ0n) is 13.8. The molecule has 1 saturated heterocycles. The molecule has 25 heavy (non-hydrogen) atoms. The lowest BCUT2D eigenvalue weighted by Gasteiger charge is -2.29. The van der Waals surface area contributed by atoms with Crippen molar-refractivity contribution >= 4 is 34.6 Å². The van der Waals surface area contributed by atoms with Crippen molar-refractivity contribution < 1.29 is 4.39 Å². The van der Waals surface area contributed by atoms with Crippen LogP contribution in [-0.2, 0) is 0 Å². The van der Waals surface area contributed by atoms with Gasteiger partial charge in [0.25, 0.3) is 0 Å². The summed E-state index contributed by atoms with van der Waals surface area (Å²) in [6, 6.07) is 14.3. The number of likely N-dealkylation sites (tertiary alicyclic amines) is 1. The van der Waals surface area contributed by atoms with Gasteiger partial charge in [0.15, 0.2) is 5.11 Å². The van der Waals surface area contributed by atoms with Gasteiger partial charge in [-0.15, -0.1) is 0 Å². The molecule has 0 saturated carbocycles. The molecule has 1 aliphatic heterocycles. The lowest BCUT2D eigenvalue weighted by atomic mass is 10.1. The van der Waals surface area contributed by atoms with Gasteiger partial charge in [-0.25, -0.2) is 4.39 Å². The second kappa shape index (κ2) is 8.61. The predicted molar refractivity (Wildman–Crippen MR) is 106 cm³/mol. The minimum absolute atomic E-state index is 0.171. The Bertz CT molecular complexity index is 717. The lowest BCUT2D eigenvalue weighted by molar-refractivity contribution is 0.246. The highest BCUT2D eigenvalue weighted by atomic mass is 35.5. The Kier molecular flexibility index (Phi) is 6.24. The van der Waals surface area contributed by atoms with Crippen LogP contribution in [0.5, 0.6) is 0 Å². The number of halogens is 2. The SMILES string of the molecule is Fc1ccc(NC(=S)NC[C@@H](c2ccccc2Cl)N2CCCC2)cc1. The standard InChI is InChI=1S/C19H21ClFN3S/c20-17-6-2-1-5-16(17)18(24-11-3-4-12-24)13-22-19(25)23-15-9-7-14(21)8-10-15/h1-2,5-10,18H,3-4,11-13H2,(H2,22,23,25)/t18-/m0/s1. The molecule has 2 N–H and O–H groups in total. The van der Waals surface area contributed by atoms with Crippen molar-refractivity contribution in [1.29, 1.82) is 0 Å². The maximum Gasteiger partial charge on any atom is 0.170 e. The van der Waals surface area contributed by atoms with Gasteiger partial charge in [0.05, 0.1) is 6.04 Å². The van der Waals surface area contributed by atoms with Gasteiger partial charge < -0.3 is 10.6 Å². The van der Waals surface area contributed by atoms with E-state index in [1.807, 2.05) is 18.2 Å². The first kappa shape index (κ1) is 18.1. The Balaban J connectivity index is 1.65. The van der Waals surface area contributed by atoms with Crippen LogP contribution in [0.1, 0.15) is 24.4 Å². The van der Waals surface area contributed by atoms with Gasteiger partial charge in [-0.05, 0) is 74.0 Å². The molecule has 6 heteroatoms. The van der Waals surface area contributed by atoms with Gasteiger partial charge in [0.2, 0.25) is 0 Å². The van der Waals surface area contributed by atoms with Crippen molar-refractivity contribution in [1.82, 2.24) is 10.2 Å². The number of nitrogens with one attached hydrogen (secondary N) is 2. The van der Waals surface area contributed by atoms with Crippen LogP contribution in [0, 0.1) is 5.82 Å². The molecule has 132 valence electrons. The zero-order chi connectivity index (χ0) is 17.6. The number of hydrogen-bond donors (Lipinski definition) is 2. The average molecular weight is 378 g/mol. The molecular formula is C19H21ClFN3S. The van der Waals surface area contributed by atoms with Crippen LogP contribution >= 0.6 is 23.8 Å². The molecule has 0 unspecified atom stereocenters. The Morgan fingerprint density at radius 2 is 1.80 bits per heavy atom. The number of anilines is 1. The molecule has 3 nitrogen and oxygen atoms in total. The van der Waals surface area contributed by atoms with Gasteiger partial charge in [0.1, 0.15) is 5.82 Å². The molecule has 1 fully saturated rings. The molecule has 3 rings (SSSR count). The fourth-order valence-corrected chi connectivity index (χ4v) is 3.60. The van der Waals surface area contributed by atoms with E-state index < -0.39 is 0 Å². The number of benzene rings is 2. The molecular weight excluding hydrogens is 357 g/mol. The monoisotopic (exact) mass is 377 g/mol. The molecule has 1 atom stereocenters. The Hall–Kier alpha value is -1.69. The maximum atomic E-state index is 13.0. The molecule has 0 amide bonds. The van der Waals surface area contributed by atoms with E-state index in [1.165, 1.54) is 25.0 Å². The van der Waals surface area contributed by atoms with E-state index in [0.717, 1.165) is 29.4 Å². The third-order valence-electron chi connectivity index (χ3n) is 4.40. The number of thiocarbonyl (C=S) groups is 1. The summed E-state index contributed by atoms with van der Waals surface area (Å²) in [6.07, 6.45) is 2.42. The van der Waals surface area contributed by atoms with Gasteiger partial charge >= 0.3 is 0 Å². The summed E-state index contributed by atoms with van der Waals surface area (Å²) in [5.41, 5.74) is 1.87. The fraction of sp³-hybridized carbons (Fsp3) is 0.316. The molecule has 0 aromatic heterocycles. The molecule has 1 aliphatic rings. The molecule has 2 aromatic rings. The zero-order valence-corrected chi connectivity index (χ0v) is 15.4. The van der Waals surface area contributed by atoms with Gasteiger partial charge in [-0.3, -0.25) is 4.90 Å². The minimum atomic E-state index is -0.266. The second-order valence-corrected chi connectivity index (χ2v) is 6.94. The van der Waals surface area contributed by atoms with E-state index in [0.29, 0.717) is 11.7 Å². The molecule has 0 spiro atoms. The summed E-state index contributed by atoms with van der Waals surface area (Å²) in [6.45, 7) is 2.79. The van der Waals surface area contributed by atoms with Crippen LogP contribution in [-0.4, -0.2) is 29.6 Å². The van der Waals surface area contributed by atoms with Crippen LogP contribution in [0.3, 0.4) is 0 Å². The van der Waals surface area contributed by atoms with E-state index in [-0.39, 0.29) is 11.9 Å². The van der Waals surface area contributed by atoms with E-state index in [4.69, 9.17) is 23.8 Å². The predicted octanol–water partition coefficient (Wildman–Crippen LogP) is 4.60. The van der Waals surface area contributed by atoms with E-state index in [2.05, 4.69) is 21.6 Å². The van der Waals surface area contributed by atoms with Crippen LogP contribution in [0.2, 0.25) is 5.02 Å². The number of hydrogen-bond acceptors (Lipinski definition) is 2. The molecule has 0 aliphatic carbocycles. The molecule has 0 radical (unpaired) electrons. The first-order valence-corrected chi connectivity index (χ1v) is 9.21. The highest BCUT2D eigenvalue weighted by Crippen LogP contribution is 2.29. The summed E-state index contributed by atoms with van der Waals surface area (Å²) >= 11 is 11.8. The topological polar surface area (TPSA) is 27.3 Å². The first-order valence-electron chi connectivity index (χ1n) is 8.42. The fourth-order valence-electron chi connectivity index (χ4n) is 3.13. The molecule has 2 aromatic carbocycles. The Labute approximate surface area is 158 Å².